The monoisotopic (exact) mass is 415 g/mol. The van der Waals surface area contributed by atoms with E-state index in [2.05, 4.69) is 5.32 Å². The third kappa shape index (κ3) is 6.05. The molecule has 0 radical (unpaired) electrons. The molecule has 0 spiro atoms. The summed E-state index contributed by atoms with van der Waals surface area (Å²) in [5.74, 6) is 0.303. The molecule has 1 aromatic carbocycles. The molecule has 2 amide bonds. The van der Waals surface area contributed by atoms with Gasteiger partial charge in [-0.3, -0.25) is 9.59 Å². The van der Waals surface area contributed by atoms with Crippen LogP contribution in [0.2, 0.25) is 0 Å². The lowest BCUT2D eigenvalue weighted by molar-refractivity contribution is -0.131. The van der Waals surface area contributed by atoms with Gasteiger partial charge in [0.1, 0.15) is 0 Å². The fraction of sp³-hybridized carbons (Fsp3) is 0.455. The second-order valence-electron chi connectivity index (χ2n) is 7.57. The standard InChI is InChI=1S/C22H29N3O3S/c1-24(2)20-9-8-18(23-22(27)16-6-7-16)13-17(20)15-25(10-11-28-3)21(26)14-19-5-4-12-29-19/h4-5,8-9,12-13,16H,6-7,10-11,14-15H2,1-3H3,(H,23,27). The zero-order chi connectivity index (χ0) is 20.8. The highest BCUT2D eigenvalue weighted by Gasteiger charge is 2.29. The molecular formula is C22H29N3O3S. The number of carbonyl (C=O) groups excluding carboxylic acids is 2. The lowest BCUT2D eigenvalue weighted by atomic mass is 10.1. The Labute approximate surface area is 176 Å². The highest BCUT2D eigenvalue weighted by molar-refractivity contribution is 7.10. The molecule has 0 saturated heterocycles. The highest BCUT2D eigenvalue weighted by Crippen LogP contribution is 2.31. The Morgan fingerprint density at radius 2 is 2.03 bits per heavy atom. The van der Waals surface area contributed by atoms with Crippen LogP contribution in [0.5, 0.6) is 0 Å². The first-order valence-electron chi connectivity index (χ1n) is 9.88. The van der Waals surface area contributed by atoms with Crippen molar-refractivity contribution < 1.29 is 14.3 Å². The van der Waals surface area contributed by atoms with Crippen molar-refractivity contribution in [1.82, 2.24) is 4.90 Å². The van der Waals surface area contributed by atoms with Crippen molar-refractivity contribution in [2.45, 2.75) is 25.8 Å². The van der Waals surface area contributed by atoms with Gasteiger partial charge in [-0.25, -0.2) is 0 Å². The summed E-state index contributed by atoms with van der Waals surface area (Å²) >= 11 is 1.59. The van der Waals surface area contributed by atoms with Crippen molar-refractivity contribution in [3.05, 3.63) is 46.2 Å². The van der Waals surface area contributed by atoms with Gasteiger partial charge in [0, 0.05) is 56.5 Å². The van der Waals surface area contributed by atoms with E-state index >= 15 is 0 Å². The molecule has 1 aromatic heterocycles. The molecule has 29 heavy (non-hydrogen) atoms. The summed E-state index contributed by atoms with van der Waals surface area (Å²) in [7, 11) is 5.60. The fourth-order valence-electron chi connectivity index (χ4n) is 3.19. The zero-order valence-corrected chi connectivity index (χ0v) is 18.1. The predicted molar refractivity (Wildman–Crippen MR) is 117 cm³/mol. The number of methoxy groups -OCH3 is 1. The van der Waals surface area contributed by atoms with Crippen molar-refractivity contribution in [2.75, 3.05) is 44.6 Å². The number of nitrogens with one attached hydrogen (secondary N) is 1. The minimum Gasteiger partial charge on any atom is -0.383 e. The molecule has 0 aliphatic heterocycles. The maximum atomic E-state index is 13.0. The number of rotatable bonds is 10. The van der Waals surface area contributed by atoms with Crippen LogP contribution in [-0.2, 0) is 27.3 Å². The number of hydrogen-bond donors (Lipinski definition) is 1. The molecule has 2 aromatic rings. The lowest BCUT2D eigenvalue weighted by Gasteiger charge is -2.26. The summed E-state index contributed by atoms with van der Waals surface area (Å²) in [6.45, 7) is 1.46. The van der Waals surface area contributed by atoms with Crippen molar-refractivity contribution in [3.8, 4) is 0 Å². The van der Waals surface area contributed by atoms with Crippen LogP contribution in [0.25, 0.3) is 0 Å². The molecule has 1 N–H and O–H groups in total. The van der Waals surface area contributed by atoms with Crippen molar-refractivity contribution in [2.24, 2.45) is 5.92 Å². The molecule has 1 aliphatic rings. The smallest absolute Gasteiger partial charge is 0.228 e. The number of ether oxygens (including phenoxy) is 1. The third-order valence-corrected chi connectivity index (χ3v) is 5.84. The molecule has 6 nitrogen and oxygen atoms in total. The fourth-order valence-corrected chi connectivity index (χ4v) is 3.88. The van der Waals surface area contributed by atoms with E-state index in [9.17, 15) is 9.59 Å². The number of anilines is 2. The maximum absolute atomic E-state index is 13.0. The van der Waals surface area contributed by atoms with Crippen molar-refractivity contribution in [3.63, 3.8) is 0 Å². The predicted octanol–water partition coefficient (Wildman–Crippen LogP) is 3.38. The van der Waals surface area contributed by atoms with Gasteiger partial charge in [-0.15, -0.1) is 11.3 Å². The van der Waals surface area contributed by atoms with Gasteiger partial charge in [0.25, 0.3) is 0 Å². The molecular weight excluding hydrogens is 386 g/mol. The van der Waals surface area contributed by atoms with Gasteiger partial charge >= 0.3 is 0 Å². The van der Waals surface area contributed by atoms with Crippen LogP contribution in [0.3, 0.4) is 0 Å². The summed E-state index contributed by atoms with van der Waals surface area (Å²) in [4.78, 5) is 30.0. The first-order chi connectivity index (χ1) is 14.0. The molecule has 1 aliphatic carbocycles. The molecule has 1 saturated carbocycles. The average molecular weight is 416 g/mol. The molecule has 7 heteroatoms. The van der Waals surface area contributed by atoms with Crippen molar-refractivity contribution in [1.29, 1.82) is 0 Å². The van der Waals surface area contributed by atoms with E-state index in [1.54, 1.807) is 18.4 Å². The van der Waals surface area contributed by atoms with Gasteiger partial charge in [-0.1, -0.05) is 6.07 Å². The molecule has 0 bridgehead atoms. The van der Waals surface area contributed by atoms with Crippen LogP contribution in [0.15, 0.2) is 35.7 Å². The van der Waals surface area contributed by atoms with Crippen molar-refractivity contribution >= 4 is 34.5 Å². The van der Waals surface area contributed by atoms with E-state index in [1.165, 1.54) is 0 Å². The summed E-state index contributed by atoms with van der Waals surface area (Å²) in [5.41, 5.74) is 2.81. The van der Waals surface area contributed by atoms with Gasteiger partial charge < -0.3 is 19.9 Å². The lowest BCUT2D eigenvalue weighted by Crippen LogP contribution is -2.35. The summed E-state index contributed by atoms with van der Waals surface area (Å²) < 4.78 is 5.22. The normalized spacial score (nSPS) is 13.2. The molecule has 156 valence electrons. The Balaban J connectivity index is 1.79. The maximum Gasteiger partial charge on any atom is 0.228 e. The van der Waals surface area contributed by atoms with Crippen LogP contribution in [0.1, 0.15) is 23.3 Å². The topological polar surface area (TPSA) is 61.9 Å². The van der Waals surface area contributed by atoms with E-state index in [0.717, 1.165) is 34.7 Å². The van der Waals surface area contributed by atoms with Gasteiger partial charge in [-0.05, 0) is 48.1 Å². The third-order valence-electron chi connectivity index (χ3n) is 4.96. The second-order valence-corrected chi connectivity index (χ2v) is 8.60. The largest absolute Gasteiger partial charge is 0.383 e. The van der Waals surface area contributed by atoms with E-state index in [1.807, 2.05) is 59.6 Å². The van der Waals surface area contributed by atoms with E-state index in [4.69, 9.17) is 4.74 Å². The van der Waals surface area contributed by atoms with E-state index in [-0.39, 0.29) is 17.7 Å². The van der Waals surface area contributed by atoms with Gasteiger partial charge in [-0.2, -0.15) is 0 Å². The Morgan fingerprint density at radius 3 is 2.66 bits per heavy atom. The highest BCUT2D eigenvalue weighted by atomic mass is 32.1. The average Bonchev–Trinajstić information content (AvgIpc) is 3.43. The Kier molecular flexibility index (Phi) is 7.28. The second kappa shape index (κ2) is 9.89. The van der Waals surface area contributed by atoms with E-state index < -0.39 is 0 Å². The number of thiophene rings is 1. The Hall–Kier alpha value is -2.38. The summed E-state index contributed by atoms with van der Waals surface area (Å²) in [6.07, 6.45) is 2.32. The number of carbonyl (C=O) groups is 2. The summed E-state index contributed by atoms with van der Waals surface area (Å²) in [5, 5.41) is 4.99. The van der Waals surface area contributed by atoms with E-state index in [0.29, 0.717) is 26.1 Å². The Bertz CT molecular complexity index is 832. The van der Waals surface area contributed by atoms with Gasteiger partial charge in [0.2, 0.25) is 11.8 Å². The number of amides is 2. The van der Waals surface area contributed by atoms with Crippen LogP contribution in [0.4, 0.5) is 11.4 Å². The molecule has 0 atom stereocenters. The van der Waals surface area contributed by atoms with Crippen LogP contribution >= 0.6 is 11.3 Å². The summed E-state index contributed by atoms with van der Waals surface area (Å²) in [6, 6.07) is 9.84. The number of nitrogens with zero attached hydrogens (tertiary/aromatic N) is 2. The van der Waals surface area contributed by atoms with Crippen LogP contribution < -0.4 is 10.2 Å². The van der Waals surface area contributed by atoms with Gasteiger partial charge in [0.05, 0.1) is 13.0 Å². The SMILES string of the molecule is COCCN(Cc1cc(NC(=O)C2CC2)ccc1N(C)C)C(=O)Cc1cccs1. The Morgan fingerprint density at radius 1 is 1.24 bits per heavy atom. The minimum absolute atomic E-state index is 0.0709. The van der Waals surface area contributed by atoms with Gasteiger partial charge in [0.15, 0.2) is 0 Å². The number of hydrogen-bond acceptors (Lipinski definition) is 5. The zero-order valence-electron chi connectivity index (χ0n) is 17.3. The quantitative estimate of drug-likeness (QED) is 0.646. The molecule has 0 unspecified atom stereocenters. The van der Waals surface area contributed by atoms with Crippen LogP contribution in [0, 0.1) is 5.92 Å². The number of benzene rings is 1. The molecule has 3 rings (SSSR count). The first-order valence-corrected chi connectivity index (χ1v) is 10.8. The minimum atomic E-state index is 0.0709. The first kappa shape index (κ1) is 21.3. The molecule has 1 heterocycles. The van der Waals surface area contributed by atoms with Crippen LogP contribution in [-0.4, -0.2) is 51.1 Å². The molecule has 1 fully saturated rings.